The second kappa shape index (κ2) is 6.06. The fraction of sp³-hybridized carbons (Fsp3) is 0.600. The predicted octanol–water partition coefficient (Wildman–Crippen LogP) is 3.29. The van der Waals surface area contributed by atoms with Gasteiger partial charge in [0.15, 0.2) is 0 Å². The van der Waals surface area contributed by atoms with Crippen molar-refractivity contribution >= 4 is 0 Å². The van der Waals surface area contributed by atoms with Crippen molar-refractivity contribution in [2.45, 2.75) is 51.7 Å². The van der Waals surface area contributed by atoms with Gasteiger partial charge in [0, 0.05) is 6.04 Å². The molecule has 2 nitrogen and oxygen atoms in total. The van der Waals surface area contributed by atoms with Gasteiger partial charge in [-0.3, -0.25) is 0 Å². The highest BCUT2D eigenvalue weighted by molar-refractivity contribution is 5.26. The Balaban J connectivity index is 1.79. The van der Waals surface area contributed by atoms with E-state index in [0.29, 0.717) is 12.1 Å². The van der Waals surface area contributed by atoms with Gasteiger partial charge in [-0.1, -0.05) is 24.6 Å². The summed E-state index contributed by atoms with van der Waals surface area (Å²) in [7, 11) is 0. The van der Waals surface area contributed by atoms with Crippen molar-refractivity contribution in [2.24, 2.45) is 0 Å². The topological polar surface area (TPSA) is 21.3 Å². The van der Waals surface area contributed by atoms with E-state index < -0.39 is 0 Å². The van der Waals surface area contributed by atoms with Crippen LogP contribution in [-0.2, 0) is 0 Å². The molecule has 94 valence electrons. The Kier molecular flexibility index (Phi) is 4.43. The molecule has 0 amide bonds. The van der Waals surface area contributed by atoms with E-state index in [2.05, 4.69) is 43.4 Å². The van der Waals surface area contributed by atoms with Crippen molar-refractivity contribution in [3.8, 4) is 5.75 Å². The number of nitrogens with one attached hydrogen (secondary N) is 1. The summed E-state index contributed by atoms with van der Waals surface area (Å²) in [5.41, 5.74) is 1.28. The van der Waals surface area contributed by atoms with Crippen molar-refractivity contribution in [3.05, 3.63) is 29.8 Å². The molecule has 1 aromatic rings. The normalized spacial score (nSPS) is 23.9. The Bertz CT molecular complexity index is 333. The van der Waals surface area contributed by atoms with Gasteiger partial charge in [-0.05, 0) is 51.3 Å². The molecule has 1 saturated carbocycles. The van der Waals surface area contributed by atoms with Gasteiger partial charge in [-0.2, -0.15) is 0 Å². The average Bonchev–Trinajstić information content (AvgIpc) is 2.77. The zero-order valence-electron chi connectivity index (χ0n) is 10.9. The van der Waals surface area contributed by atoms with Crippen LogP contribution in [-0.4, -0.2) is 18.7 Å². The van der Waals surface area contributed by atoms with Gasteiger partial charge in [0.2, 0.25) is 0 Å². The van der Waals surface area contributed by atoms with Gasteiger partial charge in [0.25, 0.3) is 0 Å². The lowest BCUT2D eigenvalue weighted by atomic mass is 10.2. The van der Waals surface area contributed by atoms with Gasteiger partial charge >= 0.3 is 0 Å². The minimum Gasteiger partial charge on any atom is -0.490 e. The van der Waals surface area contributed by atoms with E-state index in [0.717, 1.165) is 18.7 Å². The highest BCUT2D eigenvalue weighted by atomic mass is 16.5. The van der Waals surface area contributed by atoms with E-state index in [-0.39, 0.29) is 0 Å². The van der Waals surface area contributed by atoms with E-state index in [1.165, 1.54) is 24.8 Å². The zero-order chi connectivity index (χ0) is 12.1. The first-order valence-corrected chi connectivity index (χ1v) is 6.74. The molecule has 1 aliphatic rings. The fourth-order valence-corrected chi connectivity index (χ4v) is 2.39. The molecule has 0 radical (unpaired) electrons. The van der Waals surface area contributed by atoms with Gasteiger partial charge < -0.3 is 10.1 Å². The first-order valence-electron chi connectivity index (χ1n) is 6.74. The molecule has 17 heavy (non-hydrogen) atoms. The quantitative estimate of drug-likeness (QED) is 0.842. The summed E-state index contributed by atoms with van der Waals surface area (Å²) in [5.74, 6) is 1.01. The van der Waals surface area contributed by atoms with E-state index >= 15 is 0 Å². The second-order valence-electron chi connectivity index (χ2n) is 5.02. The minimum absolute atomic E-state index is 0.395. The van der Waals surface area contributed by atoms with Crippen LogP contribution in [0.15, 0.2) is 24.3 Å². The van der Waals surface area contributed by atoms with Crippen molar-refractivity contribution in [1.29, 1.82) is 0 Å². The summed E-state index contributed by atoms with van der Waals surface area (Å²) in [6.45, 7) is 5.44. The van der Waals surface area contributed by atoms with Crippen LogP contribution in [0.25, 0.3) is 0 Å². The van der Waals surface area contributed by atoms with Crippen LogP contribution in [0.2, 0.25) is 0 Å². The molecule has 1 fully saturated rings. The largest absolute Gasteiger partial charge is 0.490 e. The predicted molar refractivity (Wildman–Crippen MR) is 71.5 cm³/mol. The number of hydrogen-bond donors (Lipinski definition) is 1. The Morgan fingerprint density at radius 1 is 1.24 bits per heavy atom. The van der Waals surface area contributed by atoms with Crippen LogP contribution in [0.5, 0.6) is 5.75 Å². The molecule has 0 saturated heterocycles. The summed E-state index contributed by atoms with van der Waals surface area (Å²) in [6.07, 6.45) is 5.17. The maximum absolute atomic E-state index is 6.00. The molecule has 2 heteroatoms. The molecule has 0 heterocycles. The molecule has 2 unspecified atom stereocenters. The highest BCUT2D eigenvalue weighted by Gasteiger charge is 2.25. The van der Waals surface area contributed by atoms with E-state index in [1.807, 2.05) is 0 Å². The Morgan fingerprint density at radius 2 is 2.00 bits per heavy atom. The summed E-state index contributed by atoms with van der Waals surface area (Å²) < 4.78 is 6.00. The monoisotopic (exact) mass is 233 g/mol. The Hall–Kier alpha value is -1.02. The van der Waals surface area contributed by atoms with Gasteiger partial charge in [-0.25, -0.2) is 0 Å². The molecule has 0 spiro atoms. The van der Waals surface area contributed by atoms with Gasteiger partial charge in [-0.15, -0.1) is 0 Å². The number of benzene rings is 1. The maximum Gasteiger partial charge on any atom is 0.119 e. The van der Waals surface area contributed by atoms with Crippen molar-refractivity contribution in [2.75, 3.05) is 6.54 Å². The first kappa shape index (κ1) is 12.4. The molecule has 2 rings (SSSR count). The number of aryl methyl sites for hydroxylation is 1. The van der Waals surface area contributed by atoms with Crippen LogP contribution in [0.4, 0.5) is 0 Å². The van der Waals surface area contributed by atoms with Crippen molar-refractivity contribution < 1.29 is 4.74 Å². The third-order valence-corrected chi connectivity index (χ3v) is 3.39. The van der Waals surface area contributed by atoms with E-state index in [4.69, 9.17) is 4.74 Å². The SMILES string of the molecule is CCCNC1CCC(Oc2ccc(C)cc2)C1. The summed E-state index contributed by atoms with van der Waals surface area (Å²) >= 11 is 0. The summed E-state index contributed by atoms with van der Waals surface area (Å²) in [4.78, 5) is 0. The molecule has 1 aromatic carbocycles. The Morgan fingerprint density at radius 3 is 2.71 bits per heavy atom. The van der Waals surface area contributed by atoms with Crippen molar-refractivity contribution in [3.63, 3.8) is 0 Å². The van der Waals surface area contributed by atoms with E-state index in [9.17, 15) is 0 Å². The number of rotatable bonds is 5. The molecule has 2 atom stereocenters. The molecular formula is C15H23NO. The highest BCUT2D eigenvalue weighted by Crippen LogP contribution is 2.24. The Labute approximate surface area is 104 Å². The third kappa shape index (κ3) is 3.74. The average molecular weight is 233 g/mol. The number of ether oxygens (including phenoxy) is 1. The van der Waals surface area contributed by atoms with Crippen LogP contribution < -0.4 is 10.1 Å². The molecule has 0 bridgehead atoms. The molecule has 0 aliphatic heterocycles. The van der Waals surface area contributed by atoms with Gasteiger partial charge in [0.1, 0.15) is 11.9 Å². The molecule has 1 aliphatic carbocycles. The fourth-order valence-electron chi connectivity index (χ4n) is 2.39. The van der Waals surface area contributed by atoms with Crippen LogP contribution in [0, 0.1) is 6.92 Å². The van der Waals surface area contributed by atoms with Gasteiger partial charge in [0.05, 0.1) is 0 Å². The standard InChI is InChI=1S/C15H23NO/c1-3-10-16-13-6-9-15(11-13)17-14-7-4-12(2)5-8-14/h4-5,7-8,13,15-16H,3,6,9-11H2,1-2H3. The van der Waals surface area contributed by atoms with Crippen LogP contribution in [0.3, 0.4) is 0 Å². The molecular weight excluding hydrogens is 210 g/mol. The number of hydrogen-bond acceptors (Lipinski definition) is 2. The second-order valence-corrected chi connectivity index (χ2v) is 5.02. The minimum atomic E-state index is 0.395. The maximum atomic E-state index is 6.00. The summed E-state index contributed by atoms with van der Waals surface area (Å²) in [5, 5.41) is 3.58. The lowest BCUT2D eigenvalue weighted by Gasteiger charge is -2.15. The zero-order valence-corrected chi connectivity index (χ0v) is 10.9. The van der Waals surface area contributed by atoms with E-state index in [1.54, 1.807) is 0 Å². The molecule has 1 N–H and O–H groups in total. The summed E-state index contributed by atoms with van der Waals surface area (Å²) in [6, 6.07) is 9.02. The first-order chi connectivity index (χ1) is 8.28. The van der Waals surface area contributed by atoms with Crippen molar-refractivity contribution in [1.82, 2.24) is 5.32 Å². The van der Waals surface area contributed by atoms with Crippen LogP contribution in [0.1, 0.15) is 38.2 Å². The lowest BCUT2D eigenvalue weighted by Crippen LogP contribution is -2.28. The lowest BCUT2D eigenvalue weighted by molar-refractivity contribution is 0.206. The third-order valence-electron chi connectivity index (χ3n) is 3.39. The van der Waals surface area contributed by atoms with Crippen LogP contribution >= 0.6 is 0 Å². The smallest absolute Gasteiger partial charge is 0.119 e. The molecule has 0 aromatic heterocycles.